The summed E-state index contributed by atoms with van der Waals surface area (Å²) in [6, 6.07) is -0.729. The summed E-state index contributed by atoms with van der Waals surface area (Å²) < 4.78 is 17.0. The minimum atomic E-state index is -1.13. The van der Waals surface area contributed by atoms with Crippen LogP contribution in [-0.4, -0.2) is 75.5 Å². The topological polar surface area (TPSA) is 102 Å². The first-order valence-corrected chi connectivity index (χ1v) is 18.5. The maximum Gasteiger partial charge on any atom is 0.306 e. The number of carboxylic acid groups (broad SMARTS) is 1. The molecule has 8 nitrogen and oxygen atoms in total. The summed E-state index contributed by atoms with van der Waals surface area (Å²) in [6.45, 7) is 4.46. The number of hydrogen-bond acceptors (Lipinski definition) is 7. The van der Waals surface area contributed by atoms with E-state index in [0.29, 0.717) is 12.8 Å². The fraction of sp³-hybridized carbons (Fsp3) is 0.769. The highest BCUT2D eigenvalue weighted by atomic mass is 16.6. The molecule has 8 heteroatoms. The molecule has 2 unspecified atom stereocenters. The van der Waals surface area contributed by atoms with Crippen molar-refractivity contribution in [2.75, 3.05) is 41.0 Å². The van der Waals surface area contributed by atoms with Gasteiger partial charge in [0.05, 0.1) is 40.3 Å². The van der Waals surface area contributed by atoms with Crippen LogP contribution in [0.25, 0.3) is 0 Å². The number of likely N-dealkylation sites (N-methyl/N-ethyl adjacent to an activating group) is 1. The first-order chi connectivity index (χ1) is 22.6. The number of carbonyl (C=O) groups excluding carboxylic acids is 3. The van der Waals surface area contributed by atoms with Crippen LogP contribution >= 0.6 is 0 Å². The van der Waals surface area contributed by atoms with E-state index in [4.69, 9.17) is 14.2 Å². The molecule has 2 atom stereocenters. The van der Waals surface area contributed by atoms with Crippen molar-refractivity contribution in [2.45, 2.75) is 154 Å². The summed E-state index contributed by atoms with van der Waals surface area (Å²) >= 11 is 0. The first kappa shape index (κ1) is 44.5. The van der Waals surface area contributed by atoms with Gasteiger partial charge >= 0.3 is 11.9 Å². The van der Waals surface area contributed by atoms with Crippen molar-refractivity contribution in [3.8, 4) is 0 Å². The van der Waals surface area contributed by atoms with Gasteiger partial charge < -0.3 is 28.6 Å². The number of nitrogens with zero attached hydrogens (tertiary/aromatic N) is 1. The molecule has 0 saturated carbocycles. The van der Waals surface area contributed by atoms with Crippen LogP contribution in [0.1, 0.15) is 142 Å². The Kier molecular flexibility index (Phi) is 29.2. The molecule has 0 saturated heterocycles. The highest BCUT2D eigenvalue weighted by Crippen LogP contribution is 2.14. The Balaban J connectivity index is 4.51. The number of aliphatic carboxylic acids is 1. The van der Waals surface area contributed by atoms with E-state index in [0.717, 1.165) is 44.9 Å². The average Bonchev–Trinajstić information content (AvgIpc) is 3.01. The van der Waals surface area contributed by atoms with Gasteiger partial charge in [-0.2, -0.15) is 0 Å². The molecule has 0 heterocycles. The molecule has 0 amide bonds. The van der Waals surface area contributed by atoms with E-state index in [1.807, 2.05) is 0 Å². The summed E-state index contributed by atoms with van der Waals surface area (Å²) in [7, 11) is 5.38. The van der Waals surface area contributed by atoms with E-state index < -0.39 is 18.1 Å². The van der Waals surface area contributed by atoms with Crippen LogP contribution in [0.4, 0.5) is 0 Å². The number of hydrogen-bond donors (Lipinski definition) is 0. The largest absolute Gasteiger partial charge is 0.544 e. The van der Waals surface area contributed by atoms with Gasteiger partial charge in [-0.05, 0) is 38.5 Å². The summed E-state index contributed by atoms with van der Waals surface area (Å²) in [4.78, 5) is 36.5. The lowest BCUT2D eigenvalue weighted by Crippen LogP contribution is -2.55. The van der Waals surface area contributed by atoms with Gasteiger partial charge in [0.15, 0.2) is 6.10 Å². The zero-order chi connectivity index (χ0) is 35.0. The Bertz CT molecular complexity index is 875. The van der Waals surface area contributed by atoms with Crippen LogP contribution in [0.15, 0.2) is 36.5 Å². The third-order valence-corrected chi connectivity index (χ3v) is 8.04. The quantitative estimate of drug-likeness (QED) is 0.0313. The van der Waals surface area contributed by atoms with E-state index in [1.165, 1.54) is 57.8 Å². The van der Waals surface area contributed by atoms with Crippen molar-refractivity contribution in [3.63, 3.8) is 0 Å². The van der Waals surface area contributed by atoms with Crippen LogP contribution in [0, 0.1) is 0 Å². The van der Waals surface area contributed by atoms with Crippen molar-refractivity contribution >= 4 is 17.9 Å². The van der Waals surface area contributed by atoms with Crippen molar-refractivity contribution in [1.29, 1.82) is 0 Å². The Morgan fingerprint density at radius 1 is 0.660 bits per heavy atom. The number of quaternary nitrogens is 1. The van der Waals surface area contributed by atoms with Gasteiger partial charge in [-0.3, -0.25) is 9.59 Å². The monoisotopic (exact) mass is 664 g/mol. The Hall–Kier alpha value is -2.45. The third-order valence-electron chi connectivity index (χ3n) is 8.04. The van der Waals surface area contributed by atoms with E-state index in [1.54, 1.807) is 21.1 Å². The molecular weight excluding hydrogens is 594 g/mol. The molecule has 0 aromatic heterocycles. The molecule has 47 heavy (non-hydrogen) atoms. The van der Waals surface area contributed by atoms with Gasteiger partial charge in [-0.15, -0.1) is 0 Å². The molecule has 0 radical (unpaired) electrons. The second-order valence-electron chi connectivity index (χ2n) is 13.4. The molecule has 0 aliphatic heterocycles. The number of allylic oxidation sites excluding steroid dienone is 6. The lowest BCUT2D eigenvalue weighted by Gasteiger charge is -2.34. The van der Waals surface area contributed by atoms with Crippen LogP contribution in [0.5, 0.6) is 0 Å². The zero-order valence-corrected chi connectivity index (χ0v) is 30.7. The van der Waals surface area contributed by atoms with E-state index in [9.17, 15) is 19.5 Å². The molecular formula is C39H69NO7. The van der Waals surface area contributed by atoms with Gasteiger partial charge in [0, 0.05) is 19.3 Å². The molecule has 0 spiro atoms. The smallest absolute Gasteiger partial charge is 0.306 e. The van der Waals surface area contributed by atoms with Gasteiger partial charge in [-0.1, -0.05) is 121 Å². The molecule has 0 aliphatic rings. The van der Waals surface area contributed by atoms with Crippen LogP contribution in [0.2, 0.25) is 0 Å². The molecule has 0 aromatic carbocycles. The number of carboxylic acids is 1. The van der Waals surface area contributed by atoms with Crippen LogP contribution < -0.4 is 5.11 Å². The van der Waals surface area contributed by atoms with Gasteiger partial charge in [-0.25, -0.2) is 0 Å². The molecule has 0 bridgehead atoms. The SMILES string of the molecule is CC/C=C/C/C=C/C/C=C/CCCC(=O)OCC(COCCC(C(=O)[O-])[N+](C)(C)C)OC(=O)CCCCCCCCCCCCCC. The molecule has 0 fully saturated rings. The second-order valence-corrected chi connectivity index (χ2v) is 13.4. The summed E-state index contributed by atoms with van der Waals surface area (Å²) in [5.41, 5.74) is 0. The number of carbonyl (C=O) groups is 3. The third kappa shape index (κ3) is 29.4. The van der Waals surface area contributed by atoms with Gasteiger partial charge in [0.25, 0.3) is 0 Å². The van der Waals surface area contributed by atoms with Gasteiger partial charge in [0.2, 0.25) is 0 Å². The fourth-order valence-electron chi connectivity index (χ4n) is 5.15. The predicted octanol–water partition coefficient (Wildman–Crippen LogP) is 7.79. The zero-order valence-electron chi connectivity index (χ0n) is 30.7. The maximum atomic E-state index is 12.6. The number of rotatable bonds is 32. The number of ether oxygens (including phenoxy) is 3. The first-order valence-electron chi connectivity index (χ1n) is 18.5. The second kappa shape index (κ2) is 30.9. The van der Waals surface area contributed by atoms with Crippen molar-refractivity contribution in [2.24, 2.45) is 0 Å². The Labute approximate surface area is 287 Å². The average molecular weight is 664 g/mol. The van der Waals surface area contributed by atoms with E-state index >= 15 is 0 Å². The standard InChI is InChI=1S/C39H69NO7/c1-6-8-10-12-14-16-18-20-22-24-26-28-30-38(42)47-35(33-45-32-31-36(39(43)44)40(3,4)5)34-46-37(41)29-27-25-23-21-19-17-15-13-11-9-7-2/h9,11,15,17,21,23,35-36H,6-8,10,12-14,16,18-20,22,24-34H2,1-5H3/b11-9+,17-15+,23-21+. The molecule has 0 rings (SSSR count). The highest BCUT2D eigenvalue weighted by Gasteiger charge is 2.25. The van der Waals surface area contributed by atoms with Crippen molar-refractivity contribution < 1.29 is 38.2 Å². The van der Waals surface area contributed by atoms with Crippen molar-refractivity contribution in [1.82, 2.24) is 0 Å². The normalized spacial score (nSPS) is 13.5. The Morgan fingerprint density at radius 3 is 1.74 bits per heavy atom. The molecule has 272 valence electrons. The lowest BCUT2D eigenvalue weighted by atomic mass is 10.0. The van der Waals surface area contributed by atoms with E-state index in [-0.39, 0.29) is 49.1 Å². The van der Waals surface area contributed by atoms with E-state index in [2.05, 4.69) is 50.3 Å². The lowest BCUT2D eigenvalue weighted by molar-refractivity contribution is -0.889. The molecule has 0 aromatic rings. The van der Waals surface area contributed by atoms with Crippen molar-refractivity contribution in [3.05, 3.63) is 36.5 Å². The summed E-state index contributed by atoms with van der Waals surface area (Å²) in [5.74, 6) is -1.81. The molecule has 0 N–H and O–H groups in total. The number of unbranched alkanes of at least 4 members (excludes halogenated alkanes) is 12. The van der Waals surface area contributed by atoms with Gasteiger partial charge in [0.1, 0.15) is 12.6 Å². The highest BCUT2D eigenvalue weighted by molar-refractivity contribution is 5.70. The minimum Gasteiger partial charge on any atom is -0.544 e. The fourth-order valence-corrected chi connectivity index (χ4v) is 5.15. The van der Waals surface area contributed by atoms with Crippen LogP contribution in [-0.2, 0) is 28.6 Å². The minimum absolute atomic E-state index is 0.0267. The van der Waals surface area contributed by atoms with Crippen LogP contribution in [0.3, 0.4) is 0 Å². The predicted molar refractivity (Wildman–Crippen MR) is 190 cm³/mol. The Morgan fingerprint density at radius 2 is 1.19 bits per heavy atom. The maximum absolute atomic E-state index is 12.6. The molecule has 0 aliphatic carbocycles. The number of esters is 2. The summed E-state index contributed by atoms with van der Waals surface area (Å²) in [5, 5.41) is 11.6. The summed E-state index contributed by atoms with van der Waals surface area (Å²) in [6.07, 6.45) is 31.8.